The number of carbonyl (C=O) groups is 1. The van der Waals surface area contributed by atoms with E-state index in [4.69, 9.17) is 5.73 Å². The van der Waals surface area contributed by atoms with Gasteiger partial charge in [-0.3, -0.25) is 4.79 Å². The number of carbonyl (C=O) groups excluding carboxylic acids is 1. The molecule has 2 atom stereocenters. The summed E-state index contributed by atoms with van der Waals surface area (Å²) in [5, 5.41) is 2.86. The van der Waals surface area contributed by atoms with Crippen LogP contribution in [0.25, 0.3) is 0 Å². The fourth-order valence-corrected chi connectivity index (χ4v) is 2.53. The number of aromatic nitrogens is 2. The minimum Gasteiger partial charge on any atom is -0.347 e. The lowest BCUT2D eigenvalue weighted by Crippen LogP contribution is -2.56. The third-order valence-corrected chi connectivity index (χ3v) is 3.46. The first kappa shape index (κ1) is 12.1. The molecule has 1 amide bonds. The highest BCUT2D eigenvalue weighted by atomic mass is 16.2. The van der Waals surface area contributed by atoms with Crippen molar-refractivity contribution in [3.05, 3.63) is 18.2 Å². The molecule has 1 aromatic rings. The Hall–Kier alpha value is -1.36. The maximum Gasteiger partial charge on any atom is 0.240 e. The second-order valence-corrected chi connectivity index (χ2v) is 5.08. The first-order chi connectivity index (χ1) is 8.10. The van der Waals surface area contributed by atoms with Crippen LogP contribution in [0.15, 0.2) is 12.4 Å². The molecule has 2 rings (SSSR count). The Morgan fingerprint density at radius 2 is 2.59 bits per heavy atom. The lowest BCUT2D eigenvalue weighted by Gasteiger charge is -2.35. The average molecular weight is 236 g/mol. The van der Waals surface area contributed by atoms with Crippen LogP contribution < -0.4 is 11.1 Å². The third kappa shape index (κ3) is 2.85. The van der Waals surface area contributed by atoms with Gasteiger partial charge in [-0.2, -0.15) is 0 Å². The molecule has 0 radical (unpaired) electrons. The van der Waals surface area contributed by atoms with Gasteiger partial charge in [0.05, 0.1) is 12.1 Å². The summed E-state index contributed by atoms with van der Waals surface area (Å²) in [5.74, 6) is 1.23. The molecule has 0 saturated heterocycles. The maximum atomic E-state index is 12.1. The largest absolute Gasteiger partial charge is 0.347 e. The molecule has 1 aliphatic rings. The molecule has 2 unspecified atom stereocenters. The molecular weight excluding hydrogens is 216 g/mol. The highest BCUT2D eigenvalue weighted by molar-refractivity contribution is 5.86. The first-order valence-corrected chi connectivity index (χ1v) is 6.15. The molecule has 1 aliphatic carbocycles. The van der Waals surface area contributed by atoms with Crippen LogP contribution in [0.2, 0.25) is 0 Å². The zero-order valence-electron chi connectivity index (χ0n) is 10.2. The van der Waals surface area contributed by atoms with Gasteiger partial charge >= 0.3 is 0 Å². The smallest absolute Gasteiger partial charge is 0.240 e. The highest BCUT2D eigenvalue weighted by Gasteiger charge is 2.37. The van der Waals surface area contributed by atoms with Crippen LogP contribution >= 0.6 is 0 Å². The number of hydrogen-bond donors (Lipinski definition) is 3. The lowest BCUT2D eigenvalue weighted by atomic mass is 9.76. The van der Waals surface area contributed by atoms with E-state index in [1.807, 2.05) is 0 Å². The molecule has 5 nitrogen and oxygen atoms in total. The summed E-state index contributed by atoms with van der Waals surface area (Å²) in [6.07, 6.45) is 7.17. The van der Waals surface area contributed by atoms with E-state index < -0.39 is 5.54 Å². The molecule has 1 aromatic heterocycles. The van der Waals surface area contributed by atoms with Gasteiger partial charge < -0.3 is 16.0 Å². The predicted octanol–water partition coefficient (Wildman–Crippen LogP) is 0.933. The predicted molar refractivity (Wildman–Crippen MR) is 65.0 cm³/mol. The van der Waals surface area contributed by atoms with Gasteiger partial charge in [-0.15, -0.1) is 0 Å². The van der Waals surface area contributed by atoms with E-state index in [0.717, 1.165) is 25.1 Å². The Balaban J connectivity index is 1.90. The van der Waals surface area contributed by atoms with Crippen molar-refractivity contribution in [3.8, 4) is 0 Å². The van der Waals surface area contributed by atoms with Crippen molar-refractivity contribution in [2.45, 2.75) is 44.7 Å². The molecule has 0 bridgehead atoms. The third-order valence-electron chi connectivity index (χ3n) is 3.46. The van der Waals surface area contributed by atoms with Gasteiger partial charge in [0.25, 0.3) is 0 Å². The second kappa shape index (κ2) is 4.87. The number of rotatable bonds is 3. The Bertz CT molecular complexity index is 376. The Kier molecular flexibility index (Phi) is 3.47. The number of imidazole rings is 1. The summed E-state index contributed by atoms with van der Waals surface area (Å²) < 4.78 is 0. The number of H-pyrrole nitrogens is 1. The molecule has 1 heterocycles. The molecule has 94 valence electrons. The monoisotopic (exact) mass is 236 g/mol. The van der Waals surface area contributed by atoms with Crippen molar-refractivity contribution >= 4 is 5.91 Å². The summed E-state index contributed by atoms with van der Waals surface area (Å²) in [7, 11) is 0. The summed E-state index contributed by atoms with van der Waals surface area (Å²) in [5.41, 5.74) is 5.50. The number of nitrogens with zero attached hydrogens (tertiary/aromatic N) is 1. The lowest BCUT2D eigenvalue weighted by molar-refractivity contribution is -0.128. The van der Waals surface area contributed by atoms with Crippen molar-refractivity contribution in [2.75, 3.05) is 0 Å². The zero-order chi connectivity index (χ0) is 12.3. The van der Waals surface area contributed by atoms with Crippen LogP contribution in [0.4, 0.5) is 0 Å². The molecule has 0 aliphatic heterocycles. The van der Waals surface area contributed by atoms with Gasteiger partial charge in [0.1, 0.15) is 5.82 Å². The summed E-state index contributed by atoms with van der Waals surface area (Å²) in [4.78, 5) is 19.1. The van der Waals surface area contributed by atoms with Crippen molar-refractivity contribution in [2.24, 2.45) is 11.7 Å². The molecule has 1 saturated carbocycles. The van der Waals surface area contributed by atoms with Crippen LogP contribution in [0, 0.1) is 5.92 Å². The molecule has 4 N–H and O–H groups in total. The number of nitrogens with two attached hydrogens (primary N) is 1. The van der Waals surface area contributed by atoms with Gasteiger partial charge in [0, 0.05) is 12.4 Å². The van der Waals surface area contributed by atoms with Crippen LogP contribution in [-0.4, -0.2) is 21.4 Å². The minimum atomic E-state index is -0.690. The minimum absolute atomic E-state index is 0.0551. The molecule has 0 aromatic carbocycles. The van der Waals surface area contributed by atoms with Crippen molar-refractivity contribution < 1.29 is 4.79 Å². The first-order valence-electron chi connectivity index (χ1n) is 6.15. The Morgan fingerprint density at radius 3 is 3.24 bits per heavy atom. The molecule has 5 heteroatoms. The average Bonchev–Trinajstić information content (AvgIpc) is 2.78. The zero-order valence-corrected chi connectivity index (χ0v) is 10.2. The van der Waals surface area contributed by atoms with E-state index in [-0.39, 0.29) is 5.91 Å². The van der Waals surface area contributed by atoms with E-state index in [0.29, 0.717) is 12.5 Å². The van der Waals surface area contributed by atoms with Gasteiger partial charge in [-0.05, 0) is 18.8 Å². The van der Waals surface area contributed by atoms with Crippen LogP contribution in [0.1, 0.15) is 38.4 Å². The topological polar surface area (TPSA) is 83.8 Å². The fourth-order valence-electron chi connectivity index (χ4n) is 2.53. The summed E-state index contributed by atoms with van der Waals surface area (Å²) in [6, 6.07) is 0. The van der Waals surface area contributed by atoms with Crippen molar-refractivity contribution in [1.82, 2.24) is 15.3 Å². The van der Waals surface area contributed by atoms with Crippen LogP contribution in [0.3, 0.4) is 0 Å². The molecule has 0 spiro atoms. The van der Waals surface area contributed by atoms with E-state index in [1.165, 1.54) is 6.42 Å². The SMILES string of the molecule is CC1CCCC(N)(C(=O)NCc2ncc[nH]2)C1. The number of nitrogens with one attached hydrogen (secondary N) is 2. The Labute approximate surface area is 101 Å². The number of aromatic amines is 1. The number of amides is 1. The summed E-state index contributed by atoms with van der Waals surface area (Å²) >= 11 is 0. The summed E-state index contributed by atoms with van der Waals surface area (Å²) in [6.45, 7) is 2.57. The standard InChI is InChI=1S/C12H20N4O/c1-9-3-2-4-12(13,7-9)11(17)16-8-10-14-5-6-15-10/h5-6,9H,2-4,7-8,13H2,1H3,(H,14,15)(H,16,17). The maximum absolute atomic E-state index is 12.1. The van der Waals surface area contributed by atoms with Crippen LogP contribution in [0.5, 0.6) is 0 Å². The van der Waals surface area contributed by atoms with E-state index >= 15 is 0 Å². The fraction of sp³-hybridized carbons (Fsp3) is 0.667. The highest BCUT2D eigenvalue weighted by Crippen LogP contribution is 2.30. The van der Waals surface area contributed by atoms with Gasteiger partial charge in [-0.1, -0.05) is 19.8 Å². The van der Waals surface area contributed by atoms with Crippen molar-refractivity contribution in [1.29, 1.82) is 0 Å². The van der Waals surface area contributed by atoms with Gasteiger partial charge in [-0.25, -0.2) is 4.98 Å². The van der Waals surface area contributed by atoms with Gasteiger partial charge in [0.15, 0.2) is 0 Å². The van der Waals surface area contributed by atoms with E-state index in [1.54, 1.807) is 12.4 Å². The van der Waals surface area contributed by atoms with E-state index in [2.05, 4.69) is 22.2 Å². The quantitative estimate of drug-likeness (QED) is 0.730. The number of hydrogen-bond acceptors (Lipinski definition) is 3. The van der Waals surface area contributed by atoms with Crippen LogP contribution in [-0.2, 0) is 11.3 Å². The molecule has 17 heavy (non-hydrogen) atoms. The van der Waals surface area contributed by atoms with Gasteiger partial charge in [0.2, 0.25) is 5.91 Å². The Morgan fingerprint density at radius 1 is 1.76 bits per heavy atom. The van der Waals surface area contributed by atoms with Crippen molar-refractivity contribution in [3.63, 3.8) is 0 Å². The second-order valence-electron chi connectivity index (χ2n) is 5.08. The van der Waals surface area contributed by atoms with E-state index in [9.17, 15) is 4.79 Å². The normalized spacial score (nSPS) is 28.9. The molecular formula is C12H20N4O. The molecule has 1 fully saturated rings.